The molecule has 1 N–H and O–H groups in total. The van der Waals surface area contributed by atoms with E-state index in [9.17, 15) is 13.2 Å². The number of hydrogen-bond acceptors (Lipinski definition) is 6. The normalized spacial score (nSPS) is 15.8. The van der Waals surface area contributed by atoms with Gasteiger partial charge in [-0.05, 0) is 24.1 Å². The molecule has 142 valence electrons. The highest BCUT2D eigenvalue weighted by Crippen LogP contribution is 2.28. The van der Waals surface area contributed by atoms with Crippen molar-refractivity contribution in [3.8, 4) is 0 Å². The van der Waals surface area contributed by atoms with Gasteiger partial charge in [-0.2, -0.15) is 8.42 Å². The van der Waals surface area contributed by atoms with Crippen LogP contribution in [0.5, 0.6) is 0 Å². The number of sulfonamides is 1. The van der Waals surface area contributed by atoms with Gasteiger partial charge in [0, 0.05) is 12.6 Å². The first-order chi connectivity index (χ1) is 13.5. The Hall–Kier alpha value is -3.33. The fraction of sp³-hybridized carbons (Fsp3) is 0.158. The zero-order valence-corrected chi connectivity index (χ0v) is 15.6. The van der Waals surface area contributed by atoms with Gasteiger partial charge in [0.25, 0.3) is 10.0 Å². The molecule has 1 aromatic heterocycles. The lowest BCUT2D eigenvalue weighted by molar-refractivity contribution is -0.113. The number of para-hydroxylation sites is 1. The van der Waals surface area contributed by atoms with E-state index in [4.69, 9.17) is 0 Å². The zero-order valence-electron chi connectivity index (χ0n) is 14.8. The van der Waals surface area contributed by atoms with Crippen LogP contribution in [0.1, 0.15) is 24.4 Å². The first-order valence-electron chi connectivity index (χ1n) is 8.69. The predicted molar refractivity (Wildman–Crippen MR) is 104 cm³/mol. The molecule has 0 amide bonds. The molecule has 3 aromatic rings. The molecule has 0 bridgehead atoms. The van der Waals surface area contributed by atoms with Crippen LogP contribution in [-0.4, -0.2) is 35.0 Å². The molecule has 28 heavy (non-hydrogen) atoms. The Balaban J connectivity index is 1.54. The number of ketones is 1. The molecule has 1 atom stereocenters. The molecule has 0 fully saturated rings. The van der Waals surface area contributed by atoms with Crippen molar-refractivity contribution in [1.82, 2.24) is 15.0 Å². The second kappa shape index (κ2) is 7.35. The van der Waals surface area contributed by atoms with Crippen LogP contribution in [0.15, 0.2) is 76.3 Å². The maximum atomic E-state index is 12.7. The molecule has 0 saturated carbocycles. The van der Waals surface area contributed by atoms with Gasteiger partial charge >= 0.3 is 0 Å². The van der Waals surface area contributed by atoms with Gasteiger partial charge in [0.15, 0.2) is 11.6 Å². The molecule has 2 heterocycles. The SMILES string of the molecule is O=C(CCC(c1ccccc1)n1ccnn1)C1=NS(=O)(=O)c2ccccc2N1. The summed E-state index contributed by atoms with van der Waals surface area (Å²) in [6, 6.07) is 15.8. The summed E-state index contributed by atoms with van der Waals surface area (Å²) < 4.78 is 30.0. The number of amidine groups is 1. The number of carbonyl (C=O) groups is 1. The van der Waals surface area contributed by atoms with Crippen LogP contribution in [-0.2, 0) is 14.8 Å². The lowest BCUT2D eigenvalue weighted by Crippen LogP contribution is -2.29. The Labute approximate surface area is 162 Å². The van der Waals surface area contributed by atoms with Gasteiger partial charge in [0.05, 0.1) is 17.9 Å². The van der Waals surface area contributed by atoms with E-state index in [0.29, 0.717) is 12.1 Å². The molecule has 0 saturated heterocycles. The van der Waals surface area contributed by atoms with Crippen molar-refractivity contribution in [1.29, 1.82) is 0 Å². The molecule has 0 aliphatic carbocycles. The Bertz CT molecular complexity index is 1130. The maximum Gasteiger partial charge on any atom is 0.286 e. The van der Waals surface area contributed by atoms with E-state index in [1.165, 1.54) is 6.07 Å². The highest BCUT2D eigenvalue weighted by atomic mass is 32.2. The first-order valence-corrected chi connectivity index (χ1v) is 10.1. The topological polar surface area (TPSA) is 106 Å². The number of fused-ring (bicyclic) bond motifs is 1. The fourth-order valence-corrected chi connectivity index (χ4v) is 4.27. The van der Waals surface area contributed by atoms with Gasteiger partial charge in [-0.3, -0.25) is 4.79 Å². The minimum Gasteiger partial charge on any atom is -0.335 e. The Morgan fingerprint density at radius 3 is 2.57 bits per heavy atom. The van der Waals surface area contributed by atoms with Gasteiger partial charge in [-0.1, -0.05) is 47.7 Å². The van der Waals surface area contributed by atoms with Crippen LogP contribution < -0.4 is 5.32 Å². The van der Waals surface area contributed by atoms with Crippen LogP contribution in [0.25, 0.3) is 0 Å². The summed E-state index contributed by atoms with van der Waals surface area (Å²) in [7, 11) is -3.89. The van der Waals surface area contributed by atoms with Gasteiger partial charge in [0.1, 0.15) is 4.90 Å². The number of aromatic nitrogens is 3. The minimum absolute atomic E-state index is 0.0660. The Morgan fingerprint density at radius 1 is 1.07 bits per heavy atom. The van der Waals surface area contributed by atoms with Crippen LogP contribution in [0.2, 0.25) is 0 Å². The lowest BCUT2D eigenvalue weighted by Gasteiger charge is -2.19. The lowest BCUT2D eigenvalue weighted by atomic mass is 10.0. The van der Waals surface area contributed by atoms with Crippen LogP contribution in [0.3, 0.4) is 0 Å². The van der Waals surface area contributed by atoms with Crippen molar-refractivity contribution in [2.45, 2.75) is 23.8 Å². The molecule has 0 radical (unpaired) electrons. The predicted octanol–water partition coefficient (Wildman–Crippen LogP) is 2.43. The third kappa shape index (κ3) is 3.56. The molecule has 0 spiro atoms. The largest absolute Gasteiger partial charge is 0.335 e. The smallest absolute Gasteiger partial charge is 0.286 e. The number of carbonyl (C=O) groups excluding carboxylic acids is 1. The molecule has 8 nitrogen and oxygen atoms in total. The quantitative estimate of drug-likeness (QED) is 0.687. The van der Waals surface area contributed by atoms with Crippen LogP contribution in [0, 0.1) is 0 Å². The van der Waals surface area contributed by atoms with E-state index < -0.39 is 10.0 Å². The standard InChI is InChI=1S/C19H17N5O3S/c25-17(19-21-15-8-4-5-9-18(15)28(26,27)22-19)11-10-16(24-13-12-20-23-24)14-6-2-1-3-7-14/h1-9,12-13,16H,10-11H2,(H,21,22). The fourth-order valence-electron chi connectivity index (χ4n) is 3.13. The summed E-state index contributed by atoms with van der Waals surface area (Å²) in [6.45, 7) is 0. The maximum absolute atomic E-state index is 12.7. The van der Waals surface area contributed by atoms with E-state index in [2.05, 4.69) is 20.0 Å². The molecule has 1 aliphatic rings. The second-order valence-electron chi connectivity index (χ2n) is 6.31. The number of hydrogen-bond donors (Lipinski definition) is 1. The van der Waals surface area contributed by atoms with Gasteiger partial charge in [0.2, 0.25) is 0 Å². The summed E-state index contributed by atoms with van der Waals surface area (Å²) in [6.07, 6.45) is 3.84. The number of nitrogens with one attached hydrogen (secondary N) is 1. The number of rotatable bonds is 6. The Morgan fingerprint density at radius 2 is 1.82 bits per heavy atom. The van der Waals surface area contributed by atoms with E-state index >= 15 is 0 Å². The number of anilines is 1. The summed E-state index contributed by atoms with van der Waals surface area (Å²) in [5, 5.41) is 10.7. The number of nitrogens with zero attached hydrogens (tertiary/aromatic N) is 4. The summed E-state index contributed by atoms with van der Waals surface area (Å²) in [5.41, 5.74) is 1.34. The van der Waals surface area contributed by atoms with Gasteiger partial charge in [-0.25, -0.2) is 4.68 Å². The average Bonchev–Trinajstić information content (AvgIpc) is 3.23. The van der Waals surface area contributed by atoms with E-state index in [-0.39, 0.29) is 29.0 Å². The van der Waals surface area contributed by atoms with Gasteiger partial charge < -0.3 is 5.32 Å². The van der Waals surface area contributed by atoms with Crippen molar-refractivity contribution in [3.63, 3.8) is 0 Å². The number of Topliss-reactive ketones (excluding diaryl/α,β-unsaturated/α-hetero) is 1. The second-order valence-corrected chi connectivity index (χ2v) is 7.88. The third-order valence-electron chi connectivity index (χ3n) is 4.48. The van der Waals surface area contributed by atoms with Crippen molar-refractivity contribution in [2.24, 2.45) is 4.40 Å². The van der Waals surface area contributed by atoms with Crippen molar-refractivity contribution in [3.05, 3.63) is 72.6 Å². The van der Waals surface area contributed by atoms with E-state index in [0.717, 1.165) is 5.56 Å². The molecular formula is C19H17N5O3S. The molecule has 2 aromatic carbocycles. The average molecular weight is 395 g/mol. The summed E-state index contributed by atoms with van der Waals surface area (Å²) in [5.74, 6) is -0.539. The van der Waals surface area contributed by atoms with Crippen molar-refractivity contribution in [2.75, 3.05) is 5.32 Å². The first kappa shape index (κ1) is 18.1. The highest BCUT2D eigenvalue weighted by molar-refractivity contribution is 7.90. The Kier molecular flexibility index (Phi) is 4.74. The highest BCUT2D eigenvalue weighted by Gasteiger charge is 2.28. The van der Waals surface area contributed by atoms with Gasteiger partial charge in [-0.15, -0.1) is 9.50 Å². The monoisotopic (exact) mass is 395 g/mol. The van der Waals surface area contributed by atoms with Crippen molar-refractivity contribution < 1.29 is 13.2 Å². The molecule has 1 aliphatic heterocycles. The molecular weight excluding hydrogens is 378 g/mol. The minimum atomic E-state index is -3.89. The third-order valence-corrected chi connectivity index (χ3v) is 5.82. The summed E-state index contributed by atoms with van der Waals surface area (Å²) in [4.78, 5) is 12.8. The molecule has 9 heteroatoms. The zero-order chi connectivity index (χ0) is 19.6. The van der Waals surface area contributed by atoms with E-state index in [1.807, 2.05) is 30.3 Å². The van der Waals surface area contributed by atoms with Crippen LogP contribution in [0.4, 0.5) is 5.69 Å². The van der Waals surface area contributed by atoms with E-state index in [1.54, 1.807) is 35.3 Å². The molecule has 1 unspecified atom stereocenters. The summed E-state index contributed by atoms with van der Waals surface area (Å²) >= 11 is 0. The molecule has 4 rings (SSSR count). The van der Waals surface area contributed by atoms with Crippen LogP contribution >= 0.6 is 0 Å². The van der Waals surface area contributed by atoms with Crippen molar-refractivity contribution >= 4 is 27.3 Å². The number of benzene rings is 2.